The van der Waals surface area contributed by atoms with Crippen molar-refractivity contribution in [3.8, 4) is 0 Å². The first kappa shape index (κ1) is 14.9. The molecule has 0 aliphatic heterocycles. The molecule has 2 rings (SSSR count). The summed E-state index contributed by atoms with van der Waals surface area (Å²) in [7, 11) is 0. The molecule has 104 valence electrons. The van der Waals surface area contributed by atoms with E-state index < -0.39 is 0 Å². The van der Waals surface area contributed by atoms with Gasteiger partial charge >= 0.3 is 0 Å². The second kappa shape index (κ2) is 6.78. The van der Waals surface area contributed by atoms with Gasteiger partial charge in [0, 0.05) is 23.0 Å². The highest BCUT2D eigenvalue weighted by Crippen LogP contribution is 2.16. The molecule has 1 amide bonds. The Bertz CT molecular complexity index is 608. The van der Waals surface area contributed by atoms with E-state index in [4.69, 9.17) is 23.2 Å². The number of rotatable bonds is 4. The van der Waals surface area contributed by atoms with E-state index in [1.54, 1.807) is 12.1 Å². The Morgan fingerprint density at radius 2 is 1.75 bits per heavy atom. The average Bonchev–Trinajstić information content (AvgIpc) is 2.48. The number of halogens is 2. The molecule has 0 saturated heterocycles. The van der Waals surface area contributed by atoms with Crippen LogP contribution in [0.4, 0.5) is 0 Å². The van der Waals surface area contributed by atoms with E-state index in [0.29, 0.717) is 23.0 Å². The number of alkyl halides is 1. The summed E-state index contributed by atoms with van der Waals surface area (Å²) < 4.78 is 0. The van der Waals surface area contributed by atoms with Crippen molar-refractivity contribution in [2.75, 3.05) is 0 Å². The van der Waals surface area contributed by atoms with E-state index in [9.17, 15) is 4.79 Å². The Balaban J connectivity index is 1.98. The number of hydrogen-bond donors (Lipinski definition) is 1. The molecule has 2 aromatic rings. The third kappa shape index (κ3) is 3.75. The van der Waals surface area contributed by atoms with E-state index in [1.807, 2.05) is 37.3 Å². The second-order valence-corrected chi connectivity index (χ2v) is 5.27. The minimum atomic E-state index is -0.131. The van der Waals surface area contributed by atoms with Gasteiger partial charge in [0.1, 0.15) is 0 Å². The van der Waals surface area contributed by atoms with Gasteiger partial charge in [-0.3, -0.25) is 4.79 Å². The largest absolute Gasteiger partial charge is 0.348 e. The summed E-state index contributed by atoms with van der Waals surface area (Å²) in [5.74, 6) is 0.363. The van der Waals surface area contributed by atoms with Crippen molar-refractivity contribution in [1.82, 2.24) is 5.32 Å². The first-order valence-electron chi connectivity index (χ1n) is 6.28. The van der Waals surface area contributed by atoms with Gasteiger partial charge in [0.2, 0.25) is 0 Å². The Hall–Kier alpha value is -1.51. The van der Waals surface area contributed by atoms with Crippen molar-refractivity contribution < 1.29 is 4.79 Å². The predicted molar refractivity (Wildman–Crippen MR) is 83.4 cm³/mol. The molecule has 2 aromatic carbocycles. The van der Waals surface area contributed by atoms with Gasteiger partial charge in [-0.1, -0.05) is 41.9 Å². The fraction of sp³-hybridized carbons (Fsp3) is 0.188. The fourth-order valence-electron chi connectivity index (χ4n) is 1.76. The Labute approximate surface area is 128 Å². The Kier molecular flexibility index (Phi) is 5.05. The van der Waals surface area contributed by atoms with E-state index in [2.05, 4.69) is 5.32 Å². The lowest BCUT2D eigenvalue weighted by Gasteiger charge is -2.07. The van der Waals surface area contributed by atoms with E-state index >= 15 is 0 Å². The zero-order chi connectivity index (χ0) is 14.5. The van der Waals surface area contributed by atoms with Gasteiger partial charge in [-0.15, -0.1) is 11.6 Å². The molecular weight excluding hydrogens is 293 g/mol. The number of hydrogen-bond acceptors (Lipinski definition) is 1. The molecule has 0 fully saturated rings. The molecule has 0 aliphatic rings. The molecule has 2 nitrogen and oxygen atoms in total. The molecule has 0 aromatic heterocycles. The fourth-order valence-corrected chi connectivity index (χ4v) is 2.12. The molecule has 0 radical (unpaired) electrons. The van der Waals surface area contributed by atoms with Gasteiger partial charge in [-0.2, -0.15) is 0 Å². The SMILES string of the molecule is Cc1ccc(C(=O)NCc2ccc(CCl)cc2)cc1Cl. The van der Waals surface area contributed by atoms with Crippen molar-refractivity contribution >= 4 is 29.1 Å². The summed E-state index contributed by atoms with van der Waals surface area (Å²) in [6.45, 7) is 2.38. The van der Waals surface area contributed by atoms with Crippen molar-refractivity contribution in [1.29, 1.82) is 0 Å². The molecule has 0 aliphatic carbocycles. The molecule has 0 atom stereocenters. The molecule has 0 unspecified atom stereocenters. The van der Waals surface area contributed by atoms with Crippen LogP contribution < -0.4 is 5.32 Å². The van der Waals surface area contributed by atoms with Crippen LogP contribution >= 0.6 is 23.2 Å². The molecule has 0 spiro atoms. The predicted octanol–water partition coefficient (Wildman–Crippen LogP) is 4.32. The summed E-state index contributed by atoms with van der Waals surface area (Å²) in [5.41, 5.74) is 3.62. The summed E-state index contributed by atoms with van der Waals surface area (Å²) in [6.07, 6.45) is 0. The summed E-state index contributed by atoms with van der Waals surface area (Å²) in [6, 6.07) is 13.1. The van der Waals surface area contributed by atoms with Crippen LogP contribution in [-0.2, 0) is 12.4 Å². The Morgan fingerprint density at radius 1 is 1.10 bits per heavy atom. The maximum Gasteiger partial charge on any atom is 0.251 e. The van der Waals surface area contributed by atoms with Crippen LogP contribution in [0.25, 0.3) is 0 Å². The molecular formula is C16H15Cl2NO. The highest BCUT2D eigenvalue weighted by molar-refractivity contribution is 6.31. The van der Waals surface area contributed by atoms with Crippen molar-refractivity contribution in [2.24, 2.45) is 0 Å². The zero-order valence-electron chi connectivity index (χ0n) is 11.1. The summed E-state index contributed by atoms with van der Waals surface area (Å²) in [5, 5.41) is 3.47. The quantitative estimate of drug-likeness (QED) is 0.838. The number of amides is 1. The molecule has 0 bridgehead atoms. The van der Waals surface area contributed by atoms with Crippen LogP contribution in [0.2, 0.25) is 5.02 Å². The topological polar surface area (TPSA) is 29.1 Å². The van der Waals surface area contributed by atoms with Crippen LogP contribution in [0.5, 0.6) is 0 Å². The lowest BCUT2D eigenvalue weighted by Crippen LogP contribution is -2.22. The van der Waals surface area contributed by atoms with E-state index in [0.717, 1.165) is 16.7 Å². The highest BCUT2D eigenvalue weighted by atomic mass is 35.5. The second-order valence-electron chi connectivity index (χ2n) is 4.60. The van der Waals surface area contributed by atoms with Crippen LogP contribution in [0.15, 0.2) is 42.5 Å². The third-order valence-corrected chi connectivity index (χ3v) is 3.78. The molecule has 0 saturated carbocycles. The minimum absolute atomic E-state index is 0.131. The Morgan fingerprint density at radius 3 is 2.35 bits per heavy atom. The van der Waals surface area contributed by atoms with Crippen LogP contribution in [0.3, 0.4) is 0 Å². The molecule has 1 N–H and O–H groups in total. The number of benzene rings is 2. The molecule has 4 heteroatoms. The van der Waals surface area contributed by atoms with Gasteiger partial charge in [-0.05, 0) is 35.7 Å². The number of aryl methyl sites for hydroxylation is 1. The zero-order valence-corrected chi connectivity index (χ0v) is 12.6. The molecule has 20 heavy (non-hydrogen) atoms. The lowest BCUT2D eigenvalue weighted by molar-refractivity contribution is 0.0951. The normalized spacial score (nSPS) is 10.3. The van der Waals surface area contributed by atoms with E-state index in [1.165, 1.54) is 0 Å². The summed E-state index contributed by atoms with van der Waals surface area (Å²) in [4.78, 5) is 12.0. The first-order chi connectivity index (χ1) is 9.60. The monoisotopic (exact) mass is 307 g/mol. The number of carbonyl (C=O) groups is 1. The molecule has 0 heterocycles. The third-order valence-electron chi connectivity index (χ3n) is 3.06. The number of carbonyl (C=O) groups excluding carboxylic acids is 1. The van der Waals surface area contributed by atoms with Gasteiger partial charge in [0.15, 0.2) is 0 Å². The van der Waals surface area contributed by atoms with Gasteiger partial charge in [0.05, 0.1) is 0 Å². The average molecular weight is 308 g/mol. The van der Waals surface area contributed by atoms with Crippen LogP contribution in [0.1, 0.15) is 27.0 Å². The smallest absolute Gasteiger partial charge is 0.251 e. The maximum absolute atomic E-state index is 12.0. The van der Waals surface area contributed by atoms with E-state index in [-0.39, 0.29) is 5.91 Å². The minimum Gasteiger partial charge on any atom is -0.348 e. The van der Waals surface area contributed by atoms with Crippen LogP contribution in [-0.4, -0.2) is 5.91 Å². The van der Waals surface area contributed by atoms with Crippen molar-refractivity contribution in [2.45, 2.75) is 19.3 Å². The van der Waals surface area contributed by atoms with Gasteiger partial charge in [-0.25, -0.2) is 0 Å². The lowest BCUT2D eigenvalue weighted by atomic mass is 10.1. The summed E-state index contributed by atoms with van der Waals surface area (Å²) >= 11 is 11.7. The first-order valence-corrected chi connectivity index (χ1v) is 7.19. The van der Waals surface area contributed by atoms with Gasteiger partial charge in [0.25, 0.3) is 5.91 Å². The maximum atomic E-state index is 12.0. The van der Waals surface area contributed by atoms with Gasteiger partial charge < -0.3 is 5.32 Å². The van der Waals surface area contributed by atoms with Crippen molar-refractivity contribution in [3.63, 3.8) is 0 Å². The van der Waals surface area contributed by atoms with Crippen molar-refractivity contribution in [3.05, 3.63) is 69.7 Å². The van der Waals surface area contributed by atoms with Crippen LogP contribution in [0, 0.1) is 6.92 Å². The highest BCUT2D eigenvalue weighted by Gasteiger charge is 2.07. The standard InChI is InChI=1S/C16H15Cl2NO/c1-11-2-7-14(8-15(11)18)16(20)19-10-13-5-3-12(9-17)4-6-13/h2-8H,9-10H2,1H3,(H,19,20). The number of nitrogens with one attached hydrogen (secondary N) is 1.